The molecule has 2 aromatic rings. The molecule has 0 aliphatic heterocycles. The molecule has 1 unspecified atom stereocenters. The van der Waals surface area contributed by atoms with Gasteiger partial charge in [-0.05, 0) is 31.7 Å². The molecule has 0 bridgehead atoms. The van der Waals surface area contributed by atoms with Crippen molar-refractivity contribution >= 4 is 5.97 Å². The molecule has 0 spiro atoms. The Hall–Kier alpha value is -2.21. The Morgan fingerprint density at radius 1 is 1.45 bits per heavy atom. The Morgan fingerprint density at radius 3 is 2.60 bits per heavy atom. The SMILES string of the molecule is Cc1cc(CN(C)C(C(=O)O)c2ccc(F)cc2)no1. The van der Waals surface area contributed by atoms with E-state index in [-0.39, 0.29) is 0 Å². The summed E-state index contributed by atoms with van der Waals surface area (Å²) < 4.78 is 17.9. The fourth-order valence-corrected chi connectivity index (χ4v) is 2.07. The van der Waals surface area contributed by atoms with Crippen LogP contribution in [0.5, 0.6) is 0 Å². The van der Waals surface area contributed by atoms with Gasteiger partial charge in [0.05, 0.1) is 5.69 Å². The number of hydrogen-bond acceptors (Lipinski definition) is 4. The number of hydrogen-bond donors (Lipinski definition) is 1. The van der Waals surface area contributed by atoms with E-state index in [1.54, 1.807) is 24.9 Å². The second-order valence-electron chi connectivity index (χ2n) is 4.64. The summed E-state index contributed by atoms with van der Waals surface area (Å²) >= 11 is 0. The monoisotopic (exact) mass is 278 g/mol. The highest BCUT2D eigenvalue weighted by atomic mass is 19.1. The number of aliphatic carboxylic acids is 1. The highest BCUT2D eigenvalue weighted by Gasteiger charge is 2.25. The molecule has 5 nitrogen and oxygen atoms in total. The van der Waals surface area contributed by atoms with Crippen molar-refractivity contribution in [1.82, 2.24) is 10.1 Å². The van der Waals surface area contributed by atoms with Crippen molar-refractivity contribution in [1.29, 1.82) is 0 Å². The first-order chi connectivity index (χ1) is 9.47. The Bertz CT molecular complexity index is 595. The molecule has 0 fully saturated rings. The largest absolute Gasteiger partial charge is 0.480 e. The van der Waals surface area contributed by atoms with Crippen molar-refractivity contribution in [2.24, 2.45) is 0 Å². The van der Waals surface area contributed by atoms with Crippen LogP contribution in [0.15, 0.2) is 34.9 Å². The molecule has 1 atom stereocenters. The Kier molecular flexibility index (Phi) is 4.14. The smallest absolute Gasteiger partial charge is 0.325 e. The summed E-state index contributed by atoms with van der Waals surface area (Å²) in [6.45, 7) is 2.09. The number of aryl methyl sites for hydroxylation is 1. The zero-order chi connectivity index (χ0) is 14.7. The lowest BCUT2D eigenvalue weighted by Crippen LogP contribution is -2.30. The Balaban J connectivity index is 2.19. The van der Waals surface area contributed by atoms with Crippen LogP contribution in [0, 0.1) is 12.7 Å². The predicted octanol–water partition coefficient (Wildman–Crippen LogP) is 2.38. The van der Waals surface area contributed by atoms with Crippen LogP contribution in [0.4, 0.5) is 4.39 Å². The minimum atomic E-state index is -1.00. The van der Waals surface area contributed by atoms with E-state index in [0.29, 0.717) is 23.6 Å². The van der Waals surface area contributed by atoms with Crippen LogP contribution < -0.4 is 0 Å². The van der Waals surface area contributed by atoms with Gasteiger partial charge in [-0.2, -0.15) is 0 Å². The molecule has 0 radical (unpaired) electrons. The van der Waals surface area contributed by atoms with Crippen LogP contribution in [0.2, 0.25) is 0 Å². The summed E-state index contributed by atoms with van der Waals surface area (Å²) in [6.07, 6.45) is 0. The lowest BCUT2D eigenvalue weighted by atomic mass is 10.1. The summed E-state index contributed by atoms with van der Waals surface area (Å²) in [4.78, 5) is 13.1. The molecule has 0 amide bonds. The van der Waals surface area contributed by atoms with Gasteiger partial charge in [0.2, 0.25) is 0 Å². The number of likely N-dealkylation sites (N-methyl/N-ethyl adjacent to an activating group) is 1. The Morgan fingerprint density at radius 2 is 2.10 bits per heavy atom. The lowest BCUT2D eigenvalue weighted by Gasteiger charge is -2.23. The third kappa shape index (κ3) is 3.21. The van der Waals surface area contributed by atoms with Crippen LogP contribution >= 0.6 is 0 Å². The normalized spacial score (nSPS) is 12.6. The zero-order valence-electron chi connectivity index (χ0n) is 11.2. The van der Waals surface area contributed by atoms with Crippen molar-refractivity contribution in [2.45, 2.75) is 19.5 Å². The fraction of sp³-hybridized carbons (Fsp3) is 0.286. The highest BCUT2D eigenvalue weighted by molar-refractivity contribution is 5.75. The van der Waals surface area contributed by atoms with Gasteiger partial charge in [-0.25, -0.2) is 4.39 Å². The maximum absolute atomic E-state index is 12.9. The fourth-order valence-electron chi connectivity index (χ4n) is 2.07. The van der Waals surface area contributed by atoms with E-state index in [4.69, 9.17) is 4.52 Å². The van der Waals surface area contributed by atoms with Gasteiger partial charge in [-0.1, -0.05) is 17.3 Å². The molecular weight excluding hydrogens is 263 g/mol. The van der Waals surface area contributed by atoms with Crippen molar-refractivity contribution < 1.29 is 18.8 Å². The maximum atomic E-state index is 12.9. The molecule has 1 heterocycles. The van der Waals surface area contributed by atoms with Gasteiger partial charge in [0.1, 0.15) is 17.6 Å². The second-order valence-corrected chi connectivity index (χ2v) is 4.64. The standard InChI is InChI=1S/C14H15FN2O3/c1-9-7-12(16-20-9)8-17(2)13(14(18)19)10-3-5-11(15)6-4-10/h3-7,13H,8H2,1-2H3,(H,18,19). The average molecular weight is 278 g/mol. The Labute approximate surface area is 115 Å². The molecule has 6 heteroatoms. The van der Waals surface area contributed by atoms with Crippen molar-refractivity contribution in [3.63, 3.8) is 0 Å². The maximum Gasteiger partial charge on any atom is 0.325 e. The van der Waals surface area contributed by atoms with E-state index < -0.39 is 17.8 Å². The number of halogens is 1. The first kappa shape index (κ1) is 14.2. The van der Waals surface area contributed by atoms with Crippen molar-refractivity contribution in [3.8, 4) is 0 Å². The van der Waals surface area contributed by atoms with Gasteiger partial charge in [-0.15, -0.1) is 0 Å². The number of nitrogens with zero attached hydrogens (tertiary/aromatic N) is 2. The number of aromatic nitrogens is 1. The third-order valence-corrected chi connectivity index (χ3v) is 2.95. The number of rotatable bonds is 5. The molecule has 1 aromatic carbocycles. The van der Waals surface area contributed by atoms with Gasteiger partial charge < -0.3 is 9.63 Å². The van der Waals surface area contributed by atoms with Gasteiger partial charge >= 0.3 is 5.97 Å². The third-order valence-electron chi connectivity index (χ3n) is 2.95. The predicted molar refractivity (Wildman–Crippen MR) is 69.5 cm³/mol. The van der Waals surface area contributed by atoms with Crippen molar-refractivity contribution in [2.75, 3.05) is 7.05 Å². The molecule has 0 saturated carbocycles. The molecule has 1 N–H and O–H groups in total. The number of carbonyl (C=O) groups is 1. The van der Waals surface area contributed by atoms with Crippen molar-refractivity contribution in [3.05, 3.63) is 53.2 Å². The van der Waals surface area contributed by atoms with E-state index in [9.17, 15) is 14.3 Å². The average Bonchev–Trinajstić information content (AvgIpc) is 2.77. The van der Waals surface area contributed by atoms with E-state index in [1.165, 1.54) is 24.3 Å². The molecule has 1 aromatic heterocycles. The molecule has 0 aliphatic rings. The van der Waals surface area contributed by atoms with Gasteiger partial charge in [0.25, 0.3) is 0 Å². The molecule has 0 aliphatic carbocycles. The molecule has 20 heavy (non-hydrogen) atoms. The van der Waals surface area contributed by atoms with Gasteiger partial charge in [0.15, 0.2) is 0 Å². The molecule has 2 rings (SSSR count). The quantitative estimate of drug-likeness (QED) is 0.909. The summed E-state index contributed by atoms with van der Waals surface area (Å²) in [5.41, 5.74) is 1.17. The summed E-state index contributed by atoms with van der Waals surface area (Å²) in [5.74, 6) is -0.728. The summed E-state index contributed by atoms with van der Waals surface area (Å²) in [7, 11) is 1.67. The van der Waals surface area contributed by atoms with E-state index in [2.05, 4.69) is 5.16 Å². The first-order valence-corrected chi connectivity index (χ1v) is 6.08. The summed E-state index contributed by atoms with van der Waals surface area (Å²) in [6, 6.07) is 6.32. The minimum Gasteiger partial charge on any atom is -0.480 e. The number of carboxylic acid groups (broad SMARTS) is 1. The van der Waals surface area contributed by atoms with Crippen LogP contribution in [0.25, 0.3) is 0 Å². The second kappa shape index (κ2) is 5.83. The minimum absolute atomic E-state index is 0.325. The van der Waals surface area contributed by atoms with Gasteiger partial charge in [0, 0.05) is 12.6 Å². The van der Waals surface area contributed by atoms with Crippen LogP contribution in [-0.2, 0) is 11.3 Å². The lowest BCUT2D eigenvalue weighted by molar-refractivity contribution is -0.143. The van der Waals surface area contributed by atoms with Crippen LogP contribution in [0.1, 0.15) is 23.1 Å². The van der Waals surface area contributed by atoms with Gasteiger partial charge in [-0.3, -0.25) is 9.69 Å². The number of carboxylic acids is 1. The van der Waals surface area contributed by atoms with E-state index in [0.717, 1.165) is 0 Å². The molecular formula is C14H15FN2O3. The molecule has 106 valence electrons. The summed E-state index contributed by atoms with van der Waals surface area (Å²) in [5, 5.41) is 13.2. The first-order valence-electron chi connectivity index (χ1n) is 6.08. The van der Waals surface area contributed by atoms with E-state index in [1.807, 2.05) is 0 Å². The van der Waals surface area contributed by atoms with E-state index >= 15 is 0 Å². The highest BCUT2D eigenvalue weighted by Crippen LogP contribution is 2.22. The van der Waals surface area contributed by atoms with Crippen LogP contribution in [0.3, 0.4) is 0 Å². The topological polar surface area (TPSA) is 66.6 Å². The number of benzene rings is 1. The molecule has 0 saturated heterocycles. The zero-order valence-corrected chi connectivity index (χ0v) is 11.2. The van der Waals surface area contributed by atoms with Crippen LogP contribution in [-0.4, -0.2) is 28.2 Å².